The number of carbonyl (C=O) groups excluding carboxylic acids is 1. The smallest absolute Gasteiger partial charge is 0.139 e. The van der Waals surface area contributed by atoms with Crippen LogP contribution in [0.25, 0.3) is 11.0 Å². The number of fused-ring (bicyclic) bond motifs is 1. The number of benzene rings is 1. The van der Waals surface area contributed by atoms with Gasteiger partial charge in [-0.2, -0.15) is 0 Å². The van der Waals surface area contributed by atoms with Gasteiger partial charge < -0.3 is 9.73 Å². The number of ketones is 1. The third-order valence-corrected chi connectivity index (χ3v) is 3.95. The Morgan fingerprint density at radius 1 is 1.33 bits per heavy atom. The van der Waals surface area contributed by atoms with Crippen LogP contribution in [0, 0.1) is 5.92 Å². The normalized spacial score (nSPS) is 11.4. The molecule has 4 heteroatoms. The minimum atomic E-state index is 0.0790. The lowest BCUT2D eigenvalue weighted by molar-refractivity contribution is -0.121. The van der Waals surface area contributed by atoms with Crippen molar-refractivity contribution >= 4 is 28.5 Å². The predicted octanol–water partition coefficient (Wildman–Crippen LogP) is 3.65. The van der Waals surface area contributed by atoms with Crippen LogP contribution in [0.15, 0.2) is 28.7 Å². The topological polar surface area (TPSA) is 42.2 Å². The van der Waals surface area contributed by atoms with Crippen molar-refractivity contribution in [1.82, 2.24) is 5.32 Å². The van der Waals surface area contributed by atoms with E-state index in [2.05, 4.69) is 17.6 Å². The molecule has 1 aromatic carbocycles. The fourth-order valence-corrected chi connectivity index (χ4v) is 2.50. The van der Waals surface area contributed by atoms with Crippen LogP contribution in [-0.2, 0) is 17.6 Å². The maximum Gasteiger partial charge on any atom is 0.139 e. The molecule has 2 rings (SSSR count). The highest BCUT2D eigenvalue weighted by molar-refractivity contribution is 7.98. The average molecular weight is 305 g/mol. The van der Waals surface area contributed by atoms with Crippen LogP contribution in [0.3, 0.4) is 0 Å². The largest absolute Gasteiger partial charge is 0.461 e. The van der Waals surface area contributed by atoms with Crippen molar-refractivity contribution < 1.29 is 9.21 Å². The van der Waals surface area contributed by atoms with Crippen LogP contribution in [0.1, 0.15) is 25.2 Å². The number of rotatable bonds is 8. The van der Waals surface area contributed by atoms with E-state index in [1.54, 1.807) is 11.8 Å². The van der Waals surface area contributed by atoms with Gasteiger partial charge >= 0.3 is 0 Å². The molecule has 0 amide bonds. The molecule has 114 valence electrons. The summed E-state index contributed by atoms with van der Waals surface area (Å²) in [5.41, 5.74) is 1.91. The van der Waals surface area contributed by atoms with Crippen molar-refractivity contribution in [3.8, 4) is 0 Å². The zero-order chi connectivity index (χ0) is 15.2. The van der Waals surface area contributed by atoms with Gasteiger partial charge in [0.1, 0.15) is 17.1 Å². The van der Waals surface area contributed by atoms with E-state index in [1.807, 2.05) is 32.0 Å². The number of thioether (sulfide) groups is 1. The summed E-state index contributed by atoms with van der Waals surface area (Å²) in [4.78, 5) is 11.8. The molecule has 0 saturated carbocycles. The van der Waals surface area contributed by atoms with E-state index in [-0.39, 0.29) is 11.7 Å². The van der Waals surface area contributed by atoms with Crippen molar-refractivity contribution in [1.29, 1.82) is 0 Å². The maximum atomic E-state index is 11.8. The van der Waals surface area contributed by atoms with Crippen molar-refractivity contribution in [3.63, 3.8) is 0 Å². The van der Waals surface area contributed by atoms with Gasteiger partial charge in [-0.3, -0.25) is 4.79 Å². The van der Waals surface area contributed by atoms with Gasteiger partial charge in [0, 0.05) is 36.6 Å². The first-order valence-electron chi connectivity index (χ1n) is 7.34. The molecule has 0 aliphatic rings. The molecule has 1 heterocycles. The quantitative estimate of drug-likeness (QED) is 0.597. The lowest BCUT2D eigenvalue weighted by Gasteiger charge is -2.03. The molecule has 2 aromatic rings. The van der Waals surface area contributed by atoms with Crippen LogP contribution in [0.4, 0.5) is 0 Å². The summed E-state index contributed by atoms with van der Waals surface area (Å²) in [7, 11) is 0. The van der Waals surface area contributed by atoms with Crippen molar-refractivity contribution in [2.75, 3.05) is 18.7 Å². The van der Waals surface area contributed by atoms with Gasteiger partial charge in [-0.05, 0) is 24.0 Å². The molecule has 0 radical (unpaired) electrons. The summed E-state index contributed by atoms with van der Waals surface area (Å²) < 4.78 is 5.87. The highest BCUT2D eigenvalue weighted by Crippen LogP contribution is 2.22. The zero-order valence-corrected chi connectivity index (χ0v) is 13.8. The number of Topliss-reactive ketones (excluding diaryl/α,β-unsaturated/α-hetero) is 1. The Balaban J connectivity index is 2.04. The standard InChI is InChI=1S/C17H23NO2S/c1-12(2)16(19)8-13-4-5-14-10-15(20-17(14)9-13)6-7-18-11-21-3/h4-5,9-10,12,18H,6-8,11H2,1-3H3. The second-order valence-corrected chi connectivity index (χ2v) is 6.43. The Bertz CT molecular complexity index is 604. The van der Waals surface area contributed by atoms with E-state index in [1.165, 1.54) is 0 Å². The summed E-state index contributed by atoms with van der Waals surface area (Å²) in [5.74, 6) is 2.30. The Morgan fingerprint density at radius 3 is 2.86 bits per heavy atom. The van der Waals surface area contributed by atoms with Crippen LogP contribution in [0.2, 0.25) is 0 Å². The van der Waals surface area contributed by atoms with Gasteiger partial charge in [0.05, 0.1) is 0 Å². The number of hydrogen-bond acceptors (Lipinski definition) is 4. The van der Waals surface area contributed by atoms with Gasteiger partial charge in [0.25, 0.3) is 0 Å². The fourth-order valence-electron chi connectivity index (χ4n) is 2.15. The molecule has 0 fully saturated rings. The van der Waals surface area contributed by atoms with Crippen LogP contribution in [0.5, 0.6) is 0 Å². The minimum absolute atomic E-state index is 0.0790. The van der Waals surface area contributed by atoms with Crippen molar-refractivity contribution in [2.24, 2.45) is 5.92 Å². The van der Waals surface area contributed by atoms with E-state index in [4.69, 9.17) is 4.42 Å². The summed E-state index contributed by atoms with van der Waals surface area (Å²) in [6, 6.07) is 8.15. The molecule has 0 spiro atoms. The second-order valence-electron chi connectivity index (χ2n) is 5.57. The zero-order valence-electron chi connectivity index (χ0n) is 12.9. The van der Waals surface area contributed by atoms with Crippen LogP contribution in [-0.4, -0.2) is 24.5 Å². The van der Waals surface area contributed by atoms with E-state index in [9.17, 15) is 4.79 Å². The molecule has 1 aromatic heterocycles. The van der Waals surface area contributed by atoms with Gasteiger partial charge in [0.15, 0.2) is 0 Å². The first kappa shape index (κ1) is 16.1. The number of hydrogen-bond donors (Lipinski definition) is 1. The highest BCUT2D eigenvalue weighted by atomic mass is 32.2. The summed E-state index contributed by atoms with van der Waals surface area (Å²) in [6.07, 6.45) is 3.45. The molecule has 0 unspecified atom stereocenters. The maximum absolute atomic E-state index is 11.8. The summed E-state index contributed by atoms with van der Waals surface area (Å²) in [5, 5.41) is 4.44. The predicted molar refractivity (Wildman–Crippen MR) is 89.9 cm³/mol. The summed E-state index contributed by atoms with van der Waals surface area (Å²) in [6.45, 7) is 4.79. The molecule has 0 saturated heterocycles. The number of carbonyl (C=O) groups is 1. The first-order valence-corrected chi connectivity index (χ1v) is 8.73. The molecule has 0 aliphatic heterocycles. The Kier molecular flexibility index (Phi) is 5.88. The van der Waals surface area contributed by atoms with Gasteiger partial charge in [-0.25, -0.2) is 0 Å². The summed E-state index contributed by atoms with van der Waals surface area (Å²) >= 11 is 1.78. The van der Waals surface area contributed by atoms with Gasteiger partial charge in [-0.15, -0.1) is 11.8 Å². The second kappa shape index (κ2) is 7.66. The molecule has 0 atom stereocenters. The molecule has 0 aliphatic carbocycles. The molecule has 0 bridgehead atoms. The third-order valence-electron chi connectivity index (χ3n) is 3.45. The van der Waals surface area contributed by atoms with Crippen LogP contribution < -0.4 is 5.32 Å². The molecular formula is C17H23NO2S. The average Bonchev–Trinajstić information content (AvgIpc) is 2.85. The van der Waals surface area contributed by atoms with E-state index in [0.29, 0.717) is 6.42 Å². The minimum Gasteiger partial charge on any atom is -0.461 e. The first-order chi connectivity index (χ1) is 10.1. The third kappa shape index (κ3) is 4.61. The number of nitrogens with one attached hydrogen (secondary N) is 1. The molecule has 1 N–H and O–H groups in total. The fraction of sp³-hybridized carbons (Fsp3) is 0.471. The van der Waals surface area contributed by atoms with Gasteiger partial charge in [0.2, 0.25) is 0 Å². The van der Waals surface area contributed by atoms with Gasteiger partial charge in [-0.1, -0.05) is 26.0 Å². The molecule has 21 heavy (non-hydrogen) atoms. The van der Waals surface area contributed by atoms with E-state index >= 15 is 0 Å². The Morgan fingerprint density at radius 2 is 2.14 bits per heavy atom. The van der Waals surface area contributed by atoms with E-state index < -0.39 is 0 Å². The lowest BCUT2D eigenvalue weighted by Crippen LogP contribution is -2.15. The number of furan rings is 1. The monoisotopic (exact) mass is 305 g/mol. The SMILES string of the molecule is CSCNCCc1cc2ccc(CC(=O)C(C)C)cc2o1. The highest BCUT2D eigenvalue weighted by Gasteiger charge is 2.10. The molecule has 3 nitrogen and oxygen atoms in total. The Labute approximate surface area is 130 Å². The van der Waals surface area contributed by atoms with Crippen LogP contribution >= 0.6 is 11.8 Å². The molecular weight excluding hydrogens is 282 g/mol. The Hall–Kier alpha value is -1.26. The van der Waals surface area contributed by atoms with Crippen molar-refractivity contribution in [3.05, 3.63) is 35.6 Å². The van der Waals surface area contributed by atoms with E-state index in [0.717, 1.165) is 41.1 Å². The van der Waals surface area contributed by atoms with Crippen molar-refractivity contribution in [2.45, 2.75) is 26.7 Å². The lowest BCUT2D eigenvalue weighted by atomic mass is 10.0.